The van der Waals surface area contributed by atoms with Gasteiger partial charge in [0.1, 0.15) is 5.82 Å². The van der Waals surface area contributed by atoms with Gasteiger partial charge >= 0.3 is 0 Å². The third-order valence-electron chi connectivity index (χ3n) is 5.69. The molecule has 1 unspecified atom stereocenters. The van der Waals surface area contributed by atoms with Gasteiger partial charge in [-0.15, -0.1) is 11.3 Å². The topological polar surface area (TPSA) is 73.9 Å². The van der Waals surface area contributed by atoms with Crippen LogP contribution in [0, 0.1) is 5.82 Å². The van der Waals surface area contributed by atoms with Crippen molar-refractivity contribution in [2.75, 3.05) is 56.7 Å². The number of halogens is 1. The monoisotopic (exact) mass is 496 g/mol. The van der Waals surface area contributed by atoms with E-state index < -0.39 is 0 Å². The Morgan fingerprint density at radius 3 is 2.37 bits per heavy atom. The summed E-state index contributed by atoms with van der Waals surface area (Å²) in [6, 6.07) is 17.3. The fourth-order valence-electron chi connectivity index (χ4n) is 3.96. The lowest BCUT2D eigenvalue weighted by Crippen LogP contribution is -2.40. The SMILES string of the molecule is CN(CC(=O)Nc1ccc(N2CCOCC2)cc1)CC(=O)NC(c1ccc(F)cc1)c1cccs1. The fourth-order valence-corrected chi connectivity index (χ4v) is 4.76. The zero-order chi connectivity index (χ0) is 24.6. The van der Waals surface area contributed by atoms with Gasteiger partial charge in [-0.25, -0.2) is 4.39 Å². The summed E-state index contributed by atoms with van der Waals surface area (Å²) in [5.41, 5.74) is 2.60. The molecule has 2 amide bonds. The lowest BCUT2D eigenvalue weighted by atomic mass is 10.1. The summed E-state index contributed by atoms with van der Waals surface area (Å²) in [7, 11) is 1.72. The average molecular weight is 497 g/mol. The molecule has 4 rings (SSSR count). The molecule has 1 saturated heterocycles. The Kier molecular flexibility index (Phi) is 8.46. The molecule has 35 heavy (non-hydrogen) atoms. The van der Waals surface area contributed by atoms with Gasteiger partial charge in [-0.3, -0.25) is 14.5 Å². The molecule has 0 bridgehead atoms. The summed E-state index contributed by atoms with van der Waals surface area (Å²) in [4.78, 5) is 30.1. The number of hydrogen-bond donors (Lipinski definition) is 2. The van der Waals surface area contributed by atoms with Gasteiger partial charge in [0.15, 0.2) is 0 Å². The highest BCUT2D eigenvalue weighted by molar-refractivity contribution is 7.10. The van der Waals surface area contributed by atoms with Crippen molar-refractivity contribution in [3.8, 4) is 0 Å². The van der Waals surface area contributed by atoms with Crippen LogP contribution < -0.4 is 15.5 Å². The largest absolute Gasteiger partial charge is 0.378 e. The van der Waals surface area contributed by atoms with Gasteiger partial charge < -0.3 is 20.3 Å². The van der Waals surface area contributed by atoms with Gasteiger partial charge in [0.2, 0.25) is 11.8 Å². The molecule has 0 radical (unpaired) electrons. The summed E-state index contributed by atoms with van der Waals surface area (Å²) in [6.07, 6.45) is 0. The Labute approximate surface area is 208 Å². The second-order valence-electron chi connectivity index (χ2n) is 8.43. The van der Waals surface area contributed by atoms with Crippen LogP contribution in [0.15, 0.2) is 66.0 Å². The van der Waals surface area contributed by atoms with E-state index in [2.05, 4.69) is 15.5 Å². The minimum Gasteiger partial charge on any atom is -0.378 e. The predicted molar refractivity (Wildman–Crippen MR) is 136 cm³/mol. The van der Waals surface area contributed by atoms with E-state index in [1.807, 2.05) is 41.8 Å². The zero-order valence-corrected chi connectivity index (χ0v) is 20.4. The molecule has 0 spiro atoms. The molecule has 184 valence electrons. The van der Waals surface area contributed by atoms with Crippen molar-refractivity contribution in [1.29, 1.82) is 0 Å². The first-order valence-electron chi connectivity index (χ1n) is 11.5. The molecule has 0 saturated carbocycles. The van der Waals surface area contributed by atoms with Gasteiger partial charge in [0, 0.05) is 29.3 Å². The molecule has 1 aromatic heterocycles. The van der Waals surface area contributed by atoms with E-state index >= 15 is 0 Å². The molecule has 0 aliphatic carbocycles. The predicted octanol–water partition coefficient (Wildman–Crippen LogP) is 3.50. The highest BCUT2D eigenvalue weighted by Gasteiger charge is 2.20. The smallest absolute Gasteiger partial charge is 0.238 e. The third kappa shape index (κ3) is 7.11. The van der Waals surface area contributed by atoms with Crippen molar-refractivity contribution in [3.63, 3.8) is 0 Å². The molecular weight excluding hydrogens is 467 g/mol. The third-order valence-corrected chi connectivity index (χ3v) is 6.63. The number of benzene rings is 2. The normalized spacial score (nSPS) is 14.5. The number of anilines is 2. The first-order chi connectivity index (χ1) is 17.0. The Balaban J connectivity index is 1.28. The fraction of sp³-hybridized carbons (Fsp3) is 0.308. The van der Waals surface area contributed by atoms with Gasteiger partial charge in [-0.1, -0.05) is 18.2 Å². The van der Waals surface area contributed by atoms with Gasteiger partial charge in [0.05, 0.1) is 32.3 Å². The van der Waals surface area contributed by atoms with Crippen LogP contribution in [0.3, 0.4) is 0 Å². The van der Waals surface area contributed by atoms with Crippen molar-refractivity contribution in [2.45, 2.75) is 6.04 Å². The highest BCUT2D eigenvalue weighted by atomic mass is 32.1. The first-order valence-corrected chi connectivity index (χ1v) is 12.4. The van der Waals surface area contributed by atoms with E-state index in [4.69, 9.17) is 4.74 Å². The number of ether oxygens (including phenoxy) is 1. The number of carbonyl (C=O) groups is 2. The van der Waals surface area contributed by atoms with Crippen LogP contribution in [0.5, 0.6) is 0 Å². The van der Waals surface area contributed by atoms with Gasteiger partial charge in [0.25, 0.3) is 0 Å². The minimum atomic E-state index is -0.379. The number of rotatable bonds is 9. The van der Waals surface area contributed by atoms with Crippen LogP contribution in [0.4, 0.5) is 15.8 Å². The maximum absolute atomic E-state index is 13.4. The first kappa shape index (κ1) is 24.8. The lowest BCUT2D eigenvalue weighted by molar-refractivity contribution is -0.123. The second kappa shape index (κ2) is 11.9. The number of thiophene rings is 1. The Morgan fingerprint density at radius 1 is 1.03 bits per heavy atom. The quantitative estimate of drug-likeness (QED) is 0.475. The van der Waals surface area contributed by atoms with Crippen LogP contribution in [-0.2, 0) is 14.3 Å². The van der Waals surface area contributed by atoms with E-state index in [1.165, 1.54) is 23.5 Å². The zero-order valence-electron chi connectivity index (χ0n) is 19.6. The van der Waals surface area contributed by atoms with E-state index in [9.17, 15) is 14.0 Å². The van der Waals surface area contributed by atoms with Crippen LogP contribution in [0.25, 0.3) is 0 Å². The standard InChI is InChI=1S/C26H29FN4O3S/c1-30(17-24(32)28-21-8-10-22(11-9-21)31-12-14-34-15-13-31)18-25(33)29-26(23-3-2-16-35-23)19-4-6-20(27)7-5-19/h2-11,16,26H,12-15,17-18H2,1H3,(H,28,32)(H,29,33). The molecule has 9 heteroatoms. The molecule has 1 atom stereocenters. The molecule has 2 aromatic carbocycles. The van der Waals surface area contributed by atoms with E-state index in [0.29, 0.717) is 5.69 Å². The number of likely N-dealkylation sites (N-methyl/N-ethyl adjacent to an activating group) is 1. The van der Waals surface area contributed by atoms with Crippen LogP contribution in [0.2, 0.25) is 0 Å². The Morgan fingerprint density at radius 2 is 1.71 bits per heavy atom. The van der Waals surface area contributed by atoms with Crippen molar-refractivity contribution in [3.05, 3.63) is 82.3 Å². The second-order valence-corrected chi connectivity index (χ2v) is 9.41. The number of amides is 2. The maximum atomic E-state index is 13.4. The molecule has 1 fully saturated rings. The van der Waals surface area contributed by atoms with E-state index in [1.54, 1.807) is 24.1 Å². The van der Waals surface area contributed by atoms with Crippen molar-refractivity contribution < 1.29 is 18.7 Å². The Hall–Kier alpha value is -3.27. The molecular formula is C26H29FN4O3S. The lowest BCUT2D eigenvalue weighted by Gasteiger charge is -2.28. The van der Waals surface area contributed by atoms with Crippen LogP contribution in [0.1, 0.15) is 16.5 Å². The number of nitrogens with one attached hydrogen (secondary N) is 2. The average Bonchev–Trinajstić information content (AvgIpc) is 3.39. The summed E-state index contributed by atoms with van der Waals surface area (Å²) >= 11 is 1.52. The van der Waals surface area contributed by atoms with E-state index in [0.717, 1.165) is 42.4 Å². The van der Waals surface area contributed by atoms with E-state index in [-0.39, 0.29) is 36.8 Å². The molecule has 1 aliphatic rings. The van der Waals surface area contributed by atoms with Crippen molar-refractivity contribution >= 4 is 34.5 Å². The van der Waals surface area contributed by atoms with Crippen LogP contribution in [-0.4, -0.2) is 63.2 Å². The van der Waals surface area contributed by atoms with Gasteiger partial charge in [-0.2, -0.15) is 0 Å². The molecule has 2 heterocycles. The number of nitrogens with zero attached hydrogens (tertiary/aromatic N) is 2. The summed E-state index contributed by atoms with van der Waals surface area (Å²) < 4.78 is 18.8. The molecule has 1 aliphatic heterocycles. The molecule has 2 N–H and O–H groups in total. The molecule has 3 aromatic rings. The summed E-state index contributed by atoms with van der Waals surface area (Å²) in [5, 5.41) is 7.82. The van der Waals surface area contributed by atoms with Crippen molar-refractivity contribution in [2.24, 2.45) is 0 Å². The minimum absolute atomic E-state index is 0.0481. The molecule has 7 nitrogen and oxygen atoms in total. The number of carbonyl (C=O) groups excluding carboxylic acids is 2. The van der Waals surface area contributed by atoms with Gasteiger partial charge in [-0.05, 0) is 60.5 Å². The number of morpholine rings is 1. The summed E-state index contributed by atoms with van der Waals surface area (Å²) in [5.74, 6) is -0.753. The maximum Gasteiger partial charge on any atom is 0.238 e. The van der Waals surface area contributed by atoms with Crippen molar-refractivity contribution in [1.82, 2.24) is 10.2 Å². The number of hydrogen-bond acceptors (Lipinski definition) is 6. The van der Waals surface area contributed by atoms with Crippen LogP contribution >= 0.6 is 11.3 Å². The Bertz CT molecular complexity index is 1100. The highest BCUT2D eigenvalue weighted by Crippen LogP contribution is 2.26. The summed E-state index contributed by atoms with van der Waals surface area (Å²) in [6.45, 7) is 3.26.